The Morgan fingerprint density at radius 1 is 1.26 bits per heavy atom. The molecule has 2 saturated heterocycles. The van der Waals surface area contributed by atoms with Gasteiger partial charge in [-0.25, -0.2) is 13.2 Å². The lowest BCUT2D eigenvalue weighted by Gasteiger charge is -2.38. The van der Waals surface area contributed by atoms with Crippen molar-refractivity contribution in [3.8, 4) is 12.0 Å². The quantitative estimate of drug-likeness (QED) is 0.366. The first-order valence-electron chi connectivity index (χ1n) is 12.0. The smallest absolute Gasteiger partial charge is 0.134 e. The normalized spacial score (nSPS) is 24.9. The standard InChI is InChI=1S/C28H35F3N4/c1-6-12-33-25-10-8-9-11-26(24(32)7-2)35-27(25)13-17(3)28(35)18(4)19(5)34-16-21-22(30)14-20(29)15-23(21)31/h7,14-15,17,25,27,33-34H,2,5,8-11,13,16,32H2,1,3-4H3/b26-24+,28-18+. The Kier molecular flexibility index (Phi) is 8.61. The molecule has 4 N–H and O–H groups in total. The second-order valence-corrected chi connectivity index (χ2v) is 9.24. The van der Waals surface area contributed by atoms with Gasteiger partial charge >= 0.3 is 0 Å². The molecule has 2 fully saturated rings. The predicted molar refractivity (Wildman–Crippen MR) is 135 cm³/mol. The summed E-state index contributed by atoms with van der Waals surface area (Å²) in [4.78, 5) is 2.32. The molecule has 3 atom stereocenters. The molecule has 0 spiro atoms. The third-order valence-corrected chi connectivity index (χ3v) is 6.94. The van der Waals surface area contributed by atoms with E-state index in [9.17, 15) is 13.2 Å². The SMILES string of the molecule is C=C/C(N)=C1/CCCCC(NC#CC)C2CC(C)/C(=C(/C)C(=C)NCc3c(F)cc(F)cc3F)N12. The molecule has 2 heterocycles. The van der Waals surface area contributed by atoms with Gasteiger partial charge in [-0.15, -0.1) is 0 Å². The summed E-state index contributed by atoms with van der Waals surface area (Å²) in [7, 11) is 0. The second kappa shape index (κ2) is 11.4. The van der Waals surface area contributed by atoms with Crippen molar-refractivity contribution < 1.29 is 13.2 Å². The molecule has 188 valence electrons. The molecule has 4 nitrogen and oxygen atoms in total. The summed E-state index contributed by atoms with van der Waals surface area (Å²) in [6, 6.07) is 4.70. The number of benzene rings is 1. The van der Waals surface area contributed by atoms with E-state index in [2.05, 4.69) is 47.6 Å². The summed E-state index contributed by atoms with van der Waals surface area (Å²) in [6.07, 6.45) is 6.47. The highest BCUT2D eigenvalue weighted by molar-refractivity contribution is 5.39. The molecule has 0 aromatic heterocycles. The van der Waals surface area contributed by atoms with Crippen LogP contribution in [0.15, 0.2) is 59.7 Å². The molecule has 2 aliphatic heterocycles. The molecule has 1 aromatic rings. The van der Waals surface area contributed by atoms with Gasteiger partial charge in [0.05, 0.1) is 17.8 Å². The Morgan fingerprint density at radius 2 is 1.94 bits per heavy atom. The van der Waals surface area contributed by atoms with Gasteiger partial charge < -0.3 is 21.3 Å². The fourth-order valence-corrected chi connectivity index (χ4v) is 5.16. The van der Waals surface area contributed by atoms with E-state index in [1.807, 2.05) is 13.8 Å². The molecule has 2 aliphatic rings. The number of nitrogens with zero attached hydrogens (tertiary/aromatic N) is 1. The zero-order valence-electron chi connectivity index (χ0n) is 20.8. The summed E-state index contributed by atoms with van der Waals surface area (Å²) in [5, 5.41) is 6.43. The van der Waals surface area contributed by atoms with Crippen LogP contribution in [0.4, 0.5) is 13.2 Å². The van der Waals surface area contributed by atoms with E-state index >= 15 is 0 Å². The Hall–Kier alpha value is -3.27. The first-order valence-corrected chi connectivity index (χ1v) is 12.0. The zero-order valence-corrected chi connectivity index (χ0v) is 20.8. The van der Waals surface area contributed by atoms with Crippen LogP contribution in [0.3, 0.4) is 0 Å². The van der Waals surface area contributed by atoms with Crippen LogP contribution in [0.25, 0.3) is 0 Å². The predicted octanol–water partition coefficient (Wildman–Crippen LogP) is 5.56. The van der Waals surface area contributed by atoms with Gasteiger partial charge in [-0.2, -0.15) is 0 Å². The van der Waals surface area contributed by atoms with Gasteiger partial charge in [0.15, 0.2) is 0 Å². The molecule has 7 heteroatoms. The number of allylic oxidation sites excluding steroid dienone is 4. The van der Waals surface area contributed by atoms with Crippen LogP contribution in [-0.4, -0.2) is 17.0 Å². The Balaban J connectivity index is 1.98. The van der Waals surface area contributed by atoms with Crippen molar-refractivity contribution in [2.24, 2.45) is 11.7 Å². The van der Waals surface area contributed by atoms with E-state index in [0.717, 1.165) is 49.1 Å². The van der Waals surface area contributed by atoms with E-state index in [0.29, 0.717) is 23.5 Å². The minimum atomic E-state index is -0.946. The van der Waals surface area contributed by atoms with Crippen LogP contribution in [0, 0.1) is 35.3 Å². The van der Waals surface area contributed by atoms with Crippen molar-refractivity contribution in [2.45, 2.75) is 71.5 Å². The number of fused-ring (bicyclic) bond motifs is 1. The highest BCUT2D eigenvalue weighted by atomic mass is 19.1. The summed E-state index contributed by atoms with van der Waals surface area (Å²) < 4.78 is 41.6. The van der Waals surface area contributed by atoms with E-state index < -0.39 is 17.5 Å². The van der Waals surface area contributed by atoms with Gasteiger partial charge in [0.1, 0.15) is 17.5 Å². The molecule has 0 amide bonds. The highest BCUT2D eigenvalue weighted by Gasteiger charge is 2.42. The monoisotopic (exact) mass is 484 g/mol. The first-order chi connectivity index (χ1) is 16.7. The Morgan fingerprint density at radius 3 is 2.57 bits per heavy atom. The molecule has 0 saturated carbocycles. The minimum absolute atomic E-state index is 0.143. The van der Waals surface area contributed by atoms with Gasteiger partial charge in [0.2, 0.25) is 0 Å². The molecular formula is C28H35F3N4. The maximum atomic E-state index is 14.1. The molecule has 35 heavy (non-hydrogen) atoms. The lowest BCUT2D eigenvalue weighted by Crippen LogP contribution is -2.46. The number of hydrogen-bond acceptors (Lipinski definition) is 4. The van der Waals surface area contributed by atoms with Crippen molar-refractivity contribution in [1.29, 1.82) is 0 Å². The van der Waals surface area contributed by atoms with E-state index in [1.165, 1.54) is 0 Å². The number of nitrogens with one attached hydrogen (secondary N) is 2. The summed E-state index contributed by atoms with van der Waals surface area (Å²) >= 11 is 0. The van der Waals surface area contributed by atoms with Crippen LogP contribution in [0.2, 0.25) is 0 Å². The number of halogens is 3. The van der Waals surface area contributed by atoms with Crippen LogP contribution in [0.1, 0.15) is 58.4 Å². The zero-order chi connectivity index (χ0) is 25.7. The van der Waals surface area contributed by atoms with Gasteiger partial charge in [-0.1, -0.05) is 32.4 Å². The molecule has 1 aromatic carbocycles. The van der Waals surface area contributed by atoms with Crippen molar-refractivity contribution in [1.82, 2.24) is 15.5 Å². The molecule has 0 bridgehead atoms. The minimum Gasteiger partial charge on any atom is -0.397 e. The summed E-state index contributed by atoms with van der Waals surface area (Å²) in [5.74, 6) is 0.323. The molecule has 0 aliphatic carbocycles. The maximum Gasteiger partial charge on any atom is 0.134 e. The topological polar surface area (TPSA) is 53.3 Å². The van der Waals surface area contributed by atoms with Gasteiger partial charge in [-0.05, 0) is 57.1 Å². The summed E-state index contributed by atoms with van der Waals surface area (Å²) in [5.41, 5.74) is 10.4. The Labute approximate surface area is 206 Å². The van der Waals surface area contributed by atoms with Crippen molar-refractivity contribution in [3.63, 3.8) is 0 Å². The fourth-order valence-electron chi connectivity index (χ4n) is 5.16. The molecular weight excluding hydrogens is 449 g/mol. The van der Waals surface area contributed by atoms with E-state index in [-0.39, 0.29) is 30.1 Å². The van der Waals surface area contributed by atoms with E-state index in [1.54, 1.807) is 6.08 Å². The van der Waals surface area contributed by atoms with Crippen molar-refractivity contribution >= 4 is 0 Å². The molecule has 3 unspecified atom stereocenters. The van der Waals surface area contributed by atoms with Crippen molar-refractivity contribution in [2.75, 3.05) is 0 Å². The van der Waals surface area contributed by atoms with Crippen molar-refractivity contribution in [3.05, 3.63) is 82.7 Å². The van der Waals surface area contributed by atoms with Gasteiger partial charge in [-0.3, -0.25) is 0 Å². The van der Waals surface area contributed by atoms with Gasteiger partial charge in [0.25, 0.3) is 0 Å². The van der Waals surface area contributed by atoms with Crippen LogP contribution < -0.4 is 16.4 Å². The van der Waals surface area contributed by atoms with Crippen LogP contribution in [0.5, 0.6) is 0 Å². The van der Waals surface area contributed by atoms with Gasteiger partial charge in [0, 0.05) is 47.4 Å². The third kappa shape index (κ3) is 5.70. The van der Waals surface area contributed by atoms with Crippen LogP contribution in [-0.2, 0) is 6.54 Å². The molecule has 3 rings (SSSR count). The maximum absolute atomic E-state index is 14.1. The third-order valence-electron chi connectivity index (χ3n) is 6.94. The fraction of sp³-hybridized carbons (Fsp3) is 0.429. The lowest BCUT2D eigenvalue weighted by atomic mass is 9.93. The Bertz CT molecular complexity index is 1090. The van der Waals surface area contributed by atoms with E-state index in [4.69, 9.17) is 5.73 Å². The average molecular weight is 485 g/mol. The number of hydrogen-bond donors (Lipinski definition) is 3. The summed E-state index contributed by atoms with van der Waals surface area (Å²) in [6.45, 7) is 13.8. The average Bonchev–Trinajstić information content (AvgIpc) is 3.13. The number of rotatable bonds is 6. The second-order valence-electron chi connectivity index (χ2n) is 9.24. The van der Waals surface area contributed by atoms with Crippen LogP contribution >= 0.6 is 0 Å². The first kappa shape index (κ1) is 26.3. The lowest BCUT2D eigenvalue weighted by molar-refractivity contribution is 0.253. The highest BCUT2D eigenvalue weighted by Crippen LogP contribution is 2.43. The largest absolute Gasteiger partial charge is 0.397 e. The number of nitrogens with two attached hydrogens (primary N) is 1. The molecule has 0 radical (unpaired) electrons.